The lowest BCUT2D eigenvalue weighted by Crippen LogP contribution is -2.44. The van der Waals surface area contributed by atoms with Gasteiger partial charge in [-0.2, -0.15) is 4.99 Å². The third kappa shape index (κ3) is 4.71. The van der Waals surface area contributed by atoms with Crippen LogP contribution in [-0.2, 0) is 11.2 Å². The van der Waals surface area contributed by atoms with E-state index >= 15 is 0 Å². The van der Waals surface area contributed by atoms with Crippen molar-refractivity contribution in [2.45, 2.75) is 58.0 Å². The number of aliphatic imine (C=N–C) groups is 1. The fourth-order valence-corrected chi connectivity index (χ4v) is 4.58. The molecule has 0 atom stereocenters. The summed E-state index contributed by atoms with van der Waals surface area (Å²) in [7, 11) is 0. The fourth-order valence-electron chi connectivity index (χ4n) is 4.58. The van der Waals surface area contributed by atoms with Gasteiger partial charge in [0.25, 0.3) is 5.91 Å². The van der Waals surface area contributed by atoms with Crippen molar-refractivity contribution in [1.29, 1.82) is 0 Å². The van der Waals surface area contributed by atoms with Gasteiger partial charge in [-0.1, -0.05) is 6.07 Å². The molecule has 1 aliphatic carbocycles. The van der Waals surface area contributed by atoms with Gasteiger partial charge in [-0.05, 0) is 81.5 Å². The molecule has 4 rings (SSSR count). The van der Waals surface area contributed by atoms with Crippen LogP contribution in [0.5, 0.6) is 0 Å². The predicted octanol–water partition coefficient (Wildman–Crippen LogP) is 4.65. The summed E-state index contributed by atoms with van der Waals surface area (Å²) in [4.78, 5) is 31.5. The van der Waals surface area contributed by atoms with Crippen LogP contribution in [0.15, 0.2) is 47.5 Å². The highest BCUT2D eigenvalue weighted by Crippen LogP contribution is 2.37. The molecule has 1 fully saturated rings. The second-order valence-electron chi connectivity index (χ2n) is 8.83. The first kappa shape index (κ1) is 22.1. The molecule has 1 saturated carbocycles. The van der Waals surface area contributed by atoms with Gasteiger partial charge >= 0.3 is 0 Å². The molecule has 7 heteroatoms. The van der Waals surface area contributed by atoms with Crippen molar-refractivity contribution in [2.75, 3.05) is 4.90 Å². The highest BCUT2D eigenvalue weighted by molar-refractivity contribution is 6.12. The molecule has 0 radical (unpaired) electrons. The average molecular weight is 440 g/mol. The monoisotopic (exact) mass is 439 g/mol. The highest BCUT2D eigenvalue weighted by Gasteiger charge is 2.36. The van der Waals surface area contributed by atoms with Crippen LogP contribution in [-0.4, -0.2) is 29.7 Å². The van der Waals surface area contributed by atoms with Crippen LogP contribution in [0.4, 0.5) is 14.5 Å². The van der Waals surface area contributed by atoms with Crippen molar-refractivity contribution in [3.05, 3.63) is 65.2 Å². The number of amides is 2. The highest BCUT2D eigenvalue weighted by atomic mass is 19.1. The van der Waals surface area contributed by atoms with Crippen LogP contribution in [0, 0.1) is 17.6 Å². The lowest BCUT2D eigenvalue weighted by molar-refractivity contribution is -0.126. The van der Waals surface area contributed by atoms with E-state index in [1.54, 1.807) is 6.07 Å². The Morgan fingerprint density at radius 3 is 2.31 bits per heavy atom. The minimum absolute atomic E-state index is 0.0286. The predicted molar refractivity (Wildman–Crippen MR) is 120 cm³/mol. The molecule has 1 heterocycles. The Labute approximate surface area is 186 Å². The number of fused-ring (bicyclic) bond motifs is 1. The summed E-state index contributed by atoms with van der Waals surface area (Å²) in [6.07, 6.45) is 3.37. The summed E-state index contributed by atoms with van der Waals surface area (Å²) in [5.74, 6) is -0.614. The van der Waals surface area contributed by atoms with Gasteiger partial charge in [0.1, 0.15) is 17.5 Å². The van der Waals surface area contributed by atoms with Crippen LogP contribution >= 0.6 is 0 Å². The molecule has 32 heavy (non-hydrogen) atoms. The van der Waals surface area contributed by atoms with Crippen molar-refractivity contribution in [1.82, 2.24) is 5.32 Å². The topological polar surface area (TPSA) is 61.8 Å². The Hall–Kier alpha value is -3.09. The zero-order chi connectivity index (χ0) is 22.8. The molecular weight excluding hydrogens is 412 g/mol. The minimum atomic E-state index is -0.455. The molecule has 2 aromatic carbocycles. The van der Waals surface area contributed by atoms with E-state index in [-0.39, 0.29) is 29.7 Å². The van der Waals surface area contributed by atoms with Crippen molar-refractivity contribution in [3.8, 4) is 0 Å². The molecule has 0 spiro atoms. The van der Waals surface area contributed by atoms with Crippen molar-refractivity contribution in [2.24, 2.45) is 10.9 Å². The van der Waals surface area contributed by atoms with E-state index in [4.69, 9.17) is 0 Å². The maximum absolute atomic E-state index is 14.1. The second kappa shape index (κ2) is 9.18. The van der Waals surface area contributed by atoms with Crippen LogP contribution < -0.4 is 10.2 Å². The maximum atomic E-state index is 14.1. The number of anilines is 1. The molecule has 2 aromatic rings. The van der Waals surface area contributed by atoms with E-state index in [1.165, 1.54) is 36.4 Å². The Balaban J connectivity index is 1.57. The third-order valence-electron chi connectivity index (χ3n) is 6.12. The van der Waals surface area contributed by atoms with Crippen LogP contribution in [0.25, 0.3) is 0 Å². The van der Waals surface area contributed by atoms with Gasteiger partial charge in [0, 0.05) is 35.7 Å². The van der Waals surface area contributed by atoms with Gasteiger partial charge in [0.05, 0.1) is 0 Å². The Morgan fingerprint density at radius 1 is 1.00 bits per heavy atom. The largest absolute Gasteiger partial charge is 0.354 e. The number of halogens is 2. The quantitative estimate of drug-likeness (QED) is 0.754. The van der Waals surface area contributed by atoms with E-state index in [0.29, 0.717) is 17.8 Å². The van der Waals surface area contributed by atoms with Crippen molar-refractivity contribution < 1.29 is 18.4 Å². The molecule has 0 saturated heterocycles. The van der Waals surface area contributed by atoms with Crippen LogP contribution in [0.1, 0.15) is 55.5 Å². The number of nitrogens with zero attached hydrogens (tertiary/aromatic N) is 2. The number of benzene rings is 2. The van der Waals surface area contributed by atoms with Gasteiger partial charge < -0.3 is 10.2 Å². The zero-order valence-corrected chi connectivity index (χ0v) is 18.3. The van der Waals surface area contributed by atoms with Gasteiger partial charge in [0.15, 0.2) is 0 Å². The van der Waals surface area contributed by atoms with E-state index in [2.05, 4.69) is 10.3 Å². The van der Waals surface area contributed by atoms with E-state index < -0.39 is 11.7 Å². The van der Waals surface area contributed by atoms with Crippen LogP contribution in [0.2, 0.25) is 0 Å². The van der Waals surface area contributed by atoms with Gasteiger partial charge in [-0.15, -0.1) is 0 Å². The number of rotatable bonds is 4. The Kier molecular flexibility index (Phi) is 6.35. The average Bonchev–Trinajstić information content (AvgIpc) is 3.10. The first-order chi connectivity index (χ1) is 15.3. The smallest absolute Gasteiger partial charge is 0.278 e. The molecule has 1 N–H and O–H groups in total. The van der Waals surface area contributed by atoms with Crippen molar-refractivity contribution >= 4 is 23.3 Å². The summed E-state index contributed by atoms with van der Waals surface area (Å²) in [6.45, 7) is 3.89. The van der Waals surface area contributed by atoms with Gasteiger partial charge in [0.2, 0.25) is 5.91 Å². The summed E-state index contributed by atoms with van der Waals surface area (Å²) in [6, 6.07) is 10.0. The van der Waals surface area contributed by atoms with Crippen LogP contribution in [0.3, 0.4) is 0 Å². The molecule has 5 nitrogen and oxygen atoms in total. The summed E-state index contributed by atoms with van der Waals surface area (Å²) < 4.78 is 27.3. The van der Waals surface area contributed by atoms with Gasteiger partial charge in [-0.25, -0.2) is 8.78 Å². The molecule has 0 bridgehead atoms. The Bertz CT molecular complexity index is 1040. The minimum Gasteiger partial charge on any atom is -0.354 e. The van der Waals surface area contributed by atoms with Gasteiger partial charge in [-0.3, -0.25) is 9.59 Å². The number of carbonyl (C=O) groups excluding carboxylic acids is 2. The lowest BCUT2D eigenvalue weighted by atomic mass is 9.84. The molecule has 0 aromatic heterocycles. The molecule has 168 valence electrons. The number of carbonyl (C=O) groups is 2. The van der Waals surface area contributed by atoms with E-state index in [0.717, 1.165) is 36.9 Å². The second-order valence-corrected chi connectivity index (χ2v) is 8.83. The van der Waals surface area contributed by atoms with Crippen molar-refractivity contribution in [3.63, 3.8) is 0 Å². The van der Waals surface area contributed by atoms with E-state index in [1.807, 2.05) is 18.7 Å². The maximum Gasteiger partial charge on any atom is 0.278 e. The zero-order valence-electron chi connectivity index (χ0n) is 18.3. The normalized spacial score (nSPS) is 21.7. The summed E-state index contributed by atoms with van der Waals surface area (Å²) >= 11 is 0. The molecular formula is C25H27F2N3O2. The molecule has 1 aliphatic heterocycles. The molecule has 2 amide bonds. The molecule has 0 unspecified atom stereocenters. The standard InChI is InChI=1S/C25H27F2N3O2/c1-15(2)28-24(31)17-6-11-21(12-7-17)30-22-14-20(27)10-5-18(22)13-23(30)29-25(32)16-3-8-19(26)9-4-16/h3-5,8-10,14-15,17,21H,6-7,11-13H2,1-2H3,(H,28,31). The number of hydrogen-bond donors (Lipinski definition) is 1. The summed E-state index contributed by atoms with van der Waals surface area (Å²) in [5, 5.41) is 2.98. The fraction of sp³-hybridized carbons (Fsp3) is 0.400. The lowest BCUT2D eigenvalue weighted by Gasteiger charge is -2.36. The SMILES string of the molecule is CC(C)NC(=O)C1CCC(N2C(=NC(=O)c3ccc(F)cc3)Cc3ccc(F)cc32)CC1. The first-order valence-corrected chi connectivity index (χ1v) is 11.1. The number of nitrogens with one attached hydrogen (secondary N) is 1. The van der Waals surface area contributed by atoms with E-state index in [9.17, 15) is 18.4 Å². The molecule has 2 aliphatic rings. The Morgan fingerprint density at radius 2 is 1.66 bits per heavy atom. The summed E-state index contributed by atoms with van der Waals surface area (Å²) in [5.41, 5.74) is 1.94. The third-order valence-corrected chi connectivity index (χ3v) is 6.12. The number of amidine groups is 1. The first-order valence-electron chi connectivity index (χ1n) is 11.1. The number of hydrogen-bond acceptors (Lipinski definition) is 2.